The Balaban J connectivity index is 2.28. The standard InChI is InChI=1S/C17H33N/c1-16(2,3)15-14-10-8-7-9-13(14)11-12-18(15)17(4,5)6/h13-15H,7-12H2,1-6H3. The Morgan fingerprint density at radius 1 is 0.833 bits per heavy atom. The molecular weight excluding hydrogens is 218 g/mol. The summed E-state index contributed by atoms with van der Waals surface area (Å²) < 4.78 is 0. The third kappa shape index (κ3) is 2.76. The van der Waals surface area contributed by atoms with Crippen molar-refractivity contribution in [2.45, 2.75) is 85.2 Å². The van der Waals surface area contributed by atoms with Crippen LogP contribution in [0, 0.1) is 17.3 Å². The van der Waals surface area contributed by atoms with Gasteiger partial charge in [-0.1, -0.05) is 40.0 Å². The Bertz CT molecular complexity index is 281. The maximum Gasteiger partial charge on any atom is 0.0180 e. The van der Waals surface area contributed by atoms with Crippen LogP contribution >= 0.6 is 0 Å². The van der Waals surface area contributed by atoms with E-state index in [1.807, 2.05) is 0 Å². The highest BCUT2D eigenvalue weighted by Gasteiger charge is 2.47. The Labute approximate surface area is 114 Å². The second-order valence-electron chi connectivity index (χ2n) is 8.67. The van der Waals surface area contributed by atoms with Crippen LogP contribution in [-0.2, 0) is 0 Å². The summed E-state index contributed by atoms with van der Waals surface area (Å²) in [7, 11) is 0. The molecule has 3 atom stereocenters. The van der Waals surface area contributed by atoms with Gasteiger partial charge in [-0.25, -0.2) is 0 Å². The molecule has 0 amide bonds. The minimum absolute atomic E-state index is 0.320. The molecule has 106 valence electrons. The van der Waals surface area contributed by atoms with Crippen molar-refractivity contribution in [1.82, 2.24) is 4.90 Å². The molecule has 3 unspecified atom stereocenters. The van der Waals surface area contributed by atoms with Gasteiger partial charge in [0.1, 0.15) is 0 Å². The van der Waals surface area contributed by atoms with E-state index >= 15 is 0 Å². The first-order valence-corrected chi connectivity index (χ1v) is 7.98. The van der Waals surface area contributed by atoms with Gasteiger partial charge in [0.25, 0.3) is 0 Å². The number of rotatable bonds is 0. The Hall–Kier alpha value is -0.0400. The van der Waals surface area contributed by atoms with Crippen molar-refractivity contribution in [1.29, 1.82) is 0 Å². The van der Waals surface area contributed by atoms with E-state index < -0.39 is 0 Å². The lowest BCUT2D eigenvalue weighted by atomic mass is 9.63. The molecule has 2 fully saturated rings. The second-order valence-corrected chi connectivity index (χ2v) is 8.67. The number of likely N-dealkylation sites (tertiary alicyclic amines) is 1. The zero-order chi connectivity index (χ0) is 13.6. The molecule has 1 saturated heterocycles. The Morgan fingerprint density at radius 2 is 1.44 bits per heavy atom. The molecule has 1 heteroatoms. The van der Waals surface area contributed by atoms with Crippen molar-refractivity contribution in [3.63, 3.8) is 0 Å². The predicted octanol–water partition coefficient (Wildman–Crippen LogP) is 4.71. The lowest BCUT2D eigenvalue weighted by molar-refractivity contribution is -0.0751. The fraction of sp³-hybridized carbons (Fsp3) is 1.00. The highest BCUT2D eigenvalue weighted by molar-refractivity contribution is 5.00. The summed E-state index contributed by atoms with van der Waals surface area (Å²) in [5, 5.41) is 0. The fourth-order valence-corrected chi connectivity index (χ4v) is 4.55. The maximum absolute atomic E-state index is 2.82. The van der Waals surface area contributed by atoms with Gasteiger partial charge in [-0.05, 0) is 57.4 Å². The molecule has 18 heavy (non-hydrogen) atoms. The maximum atomic E-state index is 2.82. The largest absolute Gasteiger partial charge is 0.295 e. The van der Waals surface area contributed by atoms with Crippen LogP contribution in [0.15, 0.2) is 0 Å². The average molecular weight is 251 g/mol. The Morgan fingerprint density at radius 3 is 2.00 bits per heavy atom. The summed E-state index contributed by atoms with van der Waals surface area (Å²) in [4.78, 5) is 2.82. The van der Waals surface area contributed by atoms with Gasteiger partial charge in [-0.15, -0.1) is 0 Å². The third-order valence-corrected chi connectivity index (χ3v) is 5.20. The van der Waals surface area contributed by atoms with Gasteiger partial charge in [0, 0.05) is 11.6 Å². The smallest absolute Gasteiger partial charge is 0.0180 e. The van der Waals surface area contributed by atoms with Crippen LogP contribution in [-0.4, -0.2) is 23.0 Å². The van der Waals surface area contributed by atoms with E-state index in [4.69, 9.17) is 0 Å². The molecule has 0 radical (unpaired) electrons. The molecule has 1 nitrogen and oxygen atoms in total. The molecule has 2 rings (SSSR count). The second kappa shape index (κ2) is 4.81. The van der Waals surface area contributed by atoms with Crippen molar-refractivity contribution in [2.75, 3.05) is 6.54 Å². The summed E-state index contributed by atoms with van der Waals surface area (Å²) in [5.74, 6) is 1.97. The average Bonchev–Trinajstić information content (AvgIpc) is 2.24. The van der Waals surface area contributed by atoms with Crippen LogP contribution in [0.1, 0.15) is 73.6 Å². The van der Waals surface area contributed by atoms with Gasteiger partial charge in [0.15, 0.2) is 0 Å². The molecule has 1 aliphatic heterocycles. The summed E-state index contributed by atoms with van der Waals surface area (Å²) in [6.45, 7) is 15.9. The van der Waals surface area contributed by atoms with E-state index in [0.717, 1.165) is 17.9 Å². The lowest BCUT2D eigenvalue weighted by Gasteiger charge is -2.57. The highest BCUT2D eigenvalue weighted by Crippen LogP contribution is 2.47. The van der Waals surface area contributed by atoms with Crippen LogP contribution in [0.2, 0.25) is 0 Å². The van der Waals surface area contributed by atoms with E-state index in [9.17, 15) is 0 Å². The molecule has 2 aliphatic rings. The normalized spacial score (nSPS) is 35.3. The van der Waals surface area contributed by atoms with Crippen molar-refractivity contribution in [3.8, 4) is 0 Å². The minimum Gasteiger partial charge on any atom is -0.295 e. The van der Waals surface area contributed by atoms with Gasteiger partial charge in [-0.3, -0.25) is 4.90 Å². The van der Waals surface area contributed by atoms with Crippen LogP contribution in [0.4, 0.5) is 0 Å². The van der Waals surface area contributed by atoms with E-state index in [1.54, 1.807) is 0 Å². The zero-order valence-corrected chi connectivity index (χ0v) is 13.4. The van der Waals surface area contributed by atoms with Crippen molar-refractivity contribution >= 4 is 0 Å². The van der Waals surface area contributed by atoms with Gasteiger partial charge in [0.2, 0.25) is 0 Å². The van der Waals surface area contributed by atoms with E-state index in [1.165, 1.54) is 38.6 Å². The topological polar surface area (TPSA) is 3.24 Å². The minimum atomic E-state index is 0.320. The lowest BCUT2D eigenvalue weighted by Crippen LogP contribution is -2.61. The first-order chi connectivity index (χ1) is 8.21. The number of nitrogens with zero attached hydrogens (tertiary/aromatic N) is 1. The molecule has 1 aliphatic carbocycles. The molecule has 0 aromatic rings. The molecule has 0 aromatic heterocycles. The predicted molar refractivity (Wildman–Crippen MR) is 79.8 cm³/mol. The van der Waals surface area contributed by atoms with E-state index in [-0.39, 0.29) is 0 Å². The summed E-state index contributed by atoms with van der Waals surface area (Å²) in [5.41, 5.74) is 0.730. The van der Waals surface area contributed by atoms with Gasteiger partial charge in [-0.2, -0.15) is 0 Å². The molecule has 0 spiro atoms. The number of hydrogen-bond donors (Lipinski definition) is 0. The number of fused-ring (bicyclic) bond motifs is 1. The van der Waals surface area contributed by atoms with Gasteiger partial charge >= 0.3 is 0 Å². The van der Waals surface area contributed by atoms with Crippen molar-refractivity contribution in [3.05, 3.63) is 0 Å². The first-order valence-electron chi connectivity index (χ1n) is 7.98. The number of hydrogen-bond acceptors (Lipinski definition) is 1. The Kier molecular flexibility index (Phi) is 3.84. The van der Waals surface area contributed by atoms with Crippen LogP contribution in [0.5, 0.6) is 0 Å². The van der Waals surface area contributed by atoms with Gasteiger partial charge in [0.05, 0.1) is 0 Å². The van der Waals surface area contributed by atoms with Crippen molar-refractivity contribution < 1.29 is 0 Å². The zero-order valence-electron chi connectivity index (χ0n) is 13.4. The summed E-state index contributed by atoms with van der Waals surface area (Å²) in [6, 6.07) is 0.775. The molecular formula is C17H33N. The fourth-order valence-electron chi connectivity index (χ4n) is 4.55. The molecule has 1 heterocycles. The molecule has 0 bridgehead atoms. The molecule has 1 saturated carbocycles. The van der Waals surface area contributed by atoms with E-state index in [0.29, 0.717) is 11.0 Å². The summed E-state index contributed by atoms with van der Waals surface area (Å²) >= 11 is 0. The molecule has 0 aromatic carbocycles. The van der Waals surface area contributed by atoms with Crippen LogP contribution < -0.4 is 0 Å². The van der Waals surface area contributed by atoms with Crippen LogP contribution in [0.3, 0.4) is 0 Å². The quantitative estimate of drug-likeness (QED) is 0.602. The molecule has 0 N–H and O–H groups in total. The third-order valence-electron chi connectivity index (χ3n) is 5.20. The van der Waals surface area contributed by atoms with E-state index in [2.05, 4.69) is 46.4 Å². The number of piperidine rings is 1. The van der Waals surface area contributed by atoms with Crippen molar-refractivity contribution in [2.24, 2.45) is 17.3 Å². The monoisotopic (exact) mass is 251 g/mol. The van der Waals surface area contributed by atoms with Gasteiger partial charge < -0.3 is 0 Å². The summed E-state index contributed by atoms with van der Waals surface area (Å²) in [6.07, 6.45) is 7.35. The highest BCUT2D eigenvalue weighted by atomic mass is 15.2. The van der Waals surface area contributed by atoms with Crippen LogP contribution in [0.25, 0.3) is 0 Å². The SMILES string of the molecule is CC(C)(C)C1C2CCCCC2CCN1C(C)(C)C. The first kappa shape index (κ1) is 14.4.